The van der Waals surface area contributed by atoms with Crippen molar-refractivity contribution in [1.82, 2.24) is 14.8 Å². The predicted octanol–water partition coefficient (Wildman–Crippen LogP) is 1.91. The third-order valence-corrected chi connectivity index (χ3v) is 4.66. The molecular formula is C11H17N3S. The number of aromatic nitrogens is 3. The van der Waals surface area contributed by atoms with Crippen LogP contribution in [0.3, 0.4) is 0 Å². The summed E-state index contributed by atoms with van der Waals surface area (Å²) in [5.41, 5.74) is 0. The van der Waals surface area contributed by atoms with Crippen molar-refractivity contribution in [3.05, 3.63) is 11.6 Å². The Labute approximate surface area is 94.7 Å². The lowest BCUT2D eigenvalue weighted by molar-refractivity contribution is 0.485. The predicted molar refractivity (Wildman–Crippen MR) is 62.1 cm³/mol. The molecule has 1 aromatic heterocycles. The lowest BCUT2D eigenvalue weighted by atomic mass is 10.0. The van der Waals surface area contributed by atoms with E-state index in [2.05, 4.69) is 26.5 Å². The second-order valence-electron chi connectivity index (χ2n) is 4.57. The molecule has 3 nitrogen and oxygen atoms in total. The van der Waals surface area contributed by atoms with Crippen molar-refractivity contribution in [1.29, 1.82) is 0 Å². The minimum Gasteiger partial charge on any atom is -0.315 e. The standard InChI is InChI=1S/C11H17N3S/c1-2-5-14-10(3-1)12-13-11(14)7-9-4-6-15-8-9/h9H,1-8H2. The number of rotatable bonds is 2. The molecule has 1 aromatic rings. The maximum absolute atomic E-state index is 4.36. The highest BCUT2D eigenvalue weighted by Gasteiger charge is 2.21. The third kappa shape index (κ3) is 1.92. The first-order valence-electron chi connectivity index (χ1n) is 5.92. The van der Waals surface area contributed by atoms with E-state index in [1.165, 1.54) is 42.4 Å². The van der Waals surface area contributed by atoms with Gasteiger partial charge >= 0.3 is 0 Å². The number of aryl methyl sites for hydroxylation is 1. The molecule has 82 valence electrons. The highest BCUT2D eigenvalue weighted by Crippen LogP contribution is 2.27. The van der Waals surface area contributed by atoms with Crippen molar-refractivity contribution >= 4 is 11.8 Å². The van der Waals surface area contributed by atoms with Crippen LogP contribution in [0.4, 0.5) is 0 Å². The molecule has 1 unspecified atom stereocenters. The van der Waals surface area contributed by atoms with Crippen molar-refractivity contribution in [2.24, 2.45) is 5.92 Å². The van der Waals surface area contributed by atoms with Gasteiger partial charge in [-0.15, -0.1) is 10.2 Å². The average molecular weight is 223 g/mol. The summed E-state index contributed by atoms with van der Waals surface area (Å²) in [7, 11) is 0. The molecule has 0 saturated carbocycles. The monoisotopic (exact) mass is 223 g/mol. The summed E-state index contributed by atoms with van der Waals surface area (Å²) in [6, 6.07) is 0. The topological polar surface area (TPSA) is 30.7 Å². The first-order valence-corrected chi connectivity index (χ1v) is 7.07. The van der Waals surface area contributed by atoms with Gasteiger partial charge in [0, 0.05) is 19.4 Å². The van der Waals surface area contributed by atoms with E-state index in [1.807, 2.05) is 0 Å². The highest BCUT2D eigenvalue weighted by atomic mass is 32.2. The summed E-state index contributed by atoms with van der Waals surface area (Å²) in [6.45, 7) is 1.15. The van der Waals surface area contributed by atoms with Crippen LogP contribution in [0.25, 0.3) is 0 Å². The van der Waals surface area contributed by atoms with Crippen LogP contribution in [0.5, 0.6) is 0 Å². The molecule has 0 spiro atoms. The van der Waals surface area contributed by atoms with E-state index < -0.39 is 0 Å². The summed E-state index contributed by atoms with van der Waals surface area (Å²) in [5.74, 6) is 5.98. The van der Waals surface area contributed by atoms with Crippen molar-refractivity contribution in [2.45, 2.75) is 38.6 Å². The van der Waals surface area contributed by atoms with Gasteiger partial charge in [0.1, 0.15) is 11.6 Å². The van der Waals surface area contributed by atoms with Gasteiger partial charge < -0.3 is 4.57 Å². The third-order valence-electron chi connectivity index (χ3n) is 3.43. The van der Waals surface area contributed by atoms with Gasteiger partial charge in [0.2, 0.25) is 0 Å². The number of hydrogen-bond acceptors (Lipinski definition) is 3. The summed E-state index contributed by atoms with van der Waals surface area (Å²) in [4.78, 5) is 0. The van der Waals surface area contributed by atoms with Crippen LogP contribution in [-0.2, 0) is 19.4 Å². The van der Waals surface area contributed by atoms with Crippen LogP contribution in [0.1, 0.15) is 30.9 Å². The number of hydrogen-bond donors (Lipinski definition) is 0. The molecule has 3 rings (SSSR count). The Morgan fingerprint density at radius 1 is 1.33 bits per heavy atom. The Morgan fingerprint density at radius 2 is 2.33 bits per heavy atom. The van der Waals surface area contributed by atoms with Crippen LogP contribution >= 0.6 is 11.8 Å². The van der Waals surface area contributed by atoms with Gasteiger partial charge in [0.05, 0.1) is 0 Å². The van der Waals surface area contributed by atoms with Crippen molar-refractivity contribution in [2.75, 3.05) is 11.5 Å². The van der Waals surface area contributed by atoms with Crippen molar-refractivity contribution in [3.63, 3.8) is 0 Å². The summed E-state index contributed by atoms with van der Waals surface area (Å²) < 4.78 is 2.37. The lowest BCUT2D eigenvalue weighted by Gasteiger charge is -2.15. The number of nitrogens with zero attached hydrogens (tertiary/aromatic N) is 3. The molecule has 2 aliphatic rings. The molecule has 4 heteroatoms. The molecular weight excluding hydrogens is 206 g/mol. The van der Waals surface area contributed by atoms with Gasteiger partial charge in [-0.3, -0.25) is 0 Å². The maximum Gasteiger partial charge on any atom is 0.133 e. The van der Waals surface area contributed by atoms with Gasteiger partial charge in [0.25, 0.3) is 0 Å². The minimum absolute atomic E-state index is 0.852. The fraction of sp³-hybridized carbons (Fsp3) is 0.818. The SMILES string of the molecule is C1CCn2c(nnc2CC2CCSC2)C1. The van der Waals surface area contributed by atoms with Gasteiger partial charge in [-0.1, -0.05) is 0 Å². The second kappa shape index (κ2) is 4.16. The van der Waals surface area contributed by atoms with Gasteiger partial charge in [0.15, 0.2) is 0 Å². The number of thioether (sulfide) groups is 1. The molecule has 1 fully saturated rings. The van der Waals surface area contributed by atoms with Crippen molar-refractivity contribution in [3.8, 4) is 0 Å². The van der Waals surface area contributed by atoms with E-state index in [0.29, 0.717) is 0 Å². The Bertz CT molecular complexity index is 342. The van der Waals surface area contributed by atoms with Crippen LogP contribution in [-0.4, -0.2) is 26.3 Å². The molecule has 0 N–H and O–H groups in total. The maximum atomic E-state index is 4.36. The first-order chi connectivity index (χ1) is 7.43. The van der Waals surface area contributed by atoms with Crippen LogP contribution in [0, 0.1) is 5.92 Å². The van der Waals surface area contributed by atoms with E-state index in [1.54, 1.807) is 0 Å². The van der Waals surface area contributed by atoms with Gasteiger partial charge in [-0.2, -0.15) is 11.8 Å². The molecule has 0 amide bonds. The van der Waals surface area contributed by atoms with E-state index >= 15 is 0 Å². The zero-order chi connectivity index (χ0) is 10.1. The first kappa shape index (κ1) is 9.70. The van der Waals surface area contributed by atoms with E-state index in [-0.39, 0.29) is 0 Å². The zero-order valence-corrected chi connectivity index (χ0v) is 9.80. The highest BCUT2D eigenvalue weighted by molar-refractivity contribution is 7.99. The van der Waals surface area contributed by atoms with Gasteiger partial charge in [-0.25, -0.2) is 0 Å². The largest absolute Gasteiger partial charge is 0.315 e. The van der Waals surface area contributed by atoms with E-state index in [4.69, 9.17) is 0 Å². The summed E-state index contributed by atoms with van der Waals surface area (Å²) in [6.07, 6.45) is 6.24. The second-order valence-corrected chi connectivity index (χ2v) is 5.72. The molecule has 0 aromatic carbocycles. The molecule has 1 saturated heterocycles. The molecule has 0 radical (unpaired) electrons. The minimum atomic E-state index is 0.852. The van der Waals surface area contributed by atoms with E-state index in [0.717, 1.165) is 25.3 Å². The Hall–Kier alpha value is -0.510. The average Bonchev–Trinajstić information content (AvgIpc) is 2.89. The quantitative estimate of drug-likeness (QED) is 0.767. The number of fused-ring (bicyclic) bond motifs is 1. The molecule has 15 heavy (non-hydrogen) atoms. The molecule has 1 atom stereocenters. The summed E-state index contributed by atoms with van der Waals surface area (Å²) >= 11 is 2.08. The summed E-state index contributed by atoms with van der Waals surface area (Å²) in [5, 5.41) is 8.67. The normalized spacial score (nSPS) is 25.5. The van der Waals surface area contributed by atoms with Gasteiger partial charge in [-0.05, 0) is 36.7 Å². The van der Waals surface area contributed by atoms with Crippen LogP contribution < -0.4 is 0 Å². The fourth-order valence-corrected chi connectivity index (χ4v) is 3.81. The smallest absolute Gasteiger partial charge is 0.133 e. The molecule has 0 aliphatic carbocycles. The van der Waals surface area contributed by atoms with Crippen molar-refractivity contribution < 1.29 is 0 Å². The van der Waals surface area contributed by atoms with Crippen LogP contribution in [0.2, 0.25) is 0 Å². The molecule has 3 heterocycles. The fourth-order valence-electron chi connectivity index (χ4n) is 2.52. The zero-order valence-electron chi connectivity index (χ0n) is 8.98. The Morgan fingerprint density at radius 3 is 3.20 bits per heavy atom. The molecule has 2 aliphatic heterocycles. The Balaban J connectivity index is 1.76. The molecule has 0 bridgehead atoms. The lowest BCUT2D eigenvalue weighted by Crippen LogP contribution is -2.15. The Kier molecular flexibility index (Phi) is 2.69. The van der Waals surface area contributed by atoms with Crippen LogP contribution in [0.15, 0.2) is 0 Å². The van der Waals surface area contributed by atoms with E-state index in [9.17, 15) is 0 Å².